The predicted molar refractivity (Wildman–Crippen MR) is 105 cm³/mol. The number of carbonyl (C=O) groups is 3. The molecule has 0 atom stereocenters. The summed E-state index contributed by atoms with van der Waals surface area (Å²) in [6, 6.07) is 3.67. The van der Waals surface area contributed by atoms with Gasteiger partial charge in [0.15, 0.2) is 18.1 Å². The number of amides is 1. The van der Waals surface area contributed by atoms with Gasteiger partial charge in [0, 0.05) is 30.9 Å². The van der Waals surface area contributed by atoms with Crippen LogP contribution in [0.25, 0.3) is 0 Å². The molecule has 2 aliphatic heterocycles. The van der Waals surface area contributed by atoms with E-state index in [-0.39, 0.29) is 47.4 Å². The van der Waals surface area contributed by atoms with Crippen molar-refractivity contribution < 1.29 is 33.5 Å². The molecule has 162 valence electrons. The Morgan fingerprint density at radius 3 is 2.45 bits per heavy atom. The highest BCUT2D eigenvalue weighted by atomic mass is 16.6. The molecule has 1 saturated heterocycles. The number of ether oxygens (including phenoxy) is 3. The molecule has 1 amide bonds. The number of likely N-dealkylation sites (tertiary alicyclic amines) is 1. The standard InChI is InChI=1S/C20H19N3O8/c24-16(12-7-14(21-10-12)19(25)22-3-1-2-4-22)11-31-20(26)13-8-17-18(30-6-5-29-17)9-15(13)23(27)28/h7-10,21H,1-6,11H2. The zero-order valence-corrected chi connectivity index (χ0v) is 16.4. The Balaban J connectivity index is 1.43. The first kappa shape index (κ1) is 20.4. The van der Waals surface area contributed by atoms with Crippen molar-refractivity contribution in [3.63, 3.8) is 0 Å². The SMILES string of the molecule is O=C(COC(=O)c1cc2c(cc1[N+](=O)[O-])OCCO2)c1c[nH]c(C(=O)N2CCCC2)c1. The quantitative estimate of drug-likeness (QED) is 0.318. The largest absolute Gasteiger partial charge is 0.486 e. The molecule has 0 spiro atoms. The van der Waals surface area contributed by atoms with Crippen molar-refractivity contribution in [2.75, 3.05) is 32.9 Å². The van der Waals surface area contributed by atoms with Crippen LogP contribution in [-0.4, -0.2) is 65.4 Å². The average molecular weight is 429 g/mol. The van der Waals surface area contributed by atoms with E-state index in [9.17, 15) is 24.5 Å². The number of esters is 1. The van der Waals surface area contributed by atoms with Gasteiger partial charge in [0.1, 0.15) is 24.5 Å². The second-order valence-electron chi connectivity index (χ2n) is 7.07. The van der Waals surface area contributed by atoms with Crippen LogP contribution in [0.4, 0.5) is 5.69 Å². The van der Waals surface area contributed by atoms with Gasteiger partial charge in [0.05, 0.1) is 11.0 Å². The number of hydrogen-bond acceptors (Lipinski definition) is 8. The fourth-order valence-corrected chi connectivity index (χ4v) is 3.45. The minimum atomic E-state index is -1.04. The Labute approximate surface area is 176 Å². The summed E-state index contributed by atoms with van der Waals surface area (Å²) in [5.74, 6) is -1.44. The third kappa shape index (κ3) is 4.20. The number of benzene rings is 1. The lowest BCUT2D eigenvalue weighted by Crippen LogP contribution is -2.27. The Morgan fingerprint density at radius 1 is 1.10 bits per heavy atom. The van der Waals surface area contributed by atoms with Crippen molar-refractivity contribution in [2.24, 2.45) is 0 Å². The maximum absolute atomic E-state index is 12.4. The number of Topliss-reactive ketones (excluding diaryl/α,β-unsaturated/α-hetero) is 1. The second kappa shape index (κ2) is 8.46. The molecule has 1 fully saturated rings. The van der Waals surface area contributed by atoms with Crippen molar-refractivity contribution in [3.05, 3.63) is 51.3 Å². The highest BCUT2D eigenvalue weighted by molar-refractivity contribution is 6.02. The molecule has 1 aromatic carbocycles. The minimum Gasteiger partial charge on any atom is -0.486 e. The lowest BCUT2D eigenvalue weighted by molar-refractivity contribution is -0.385. The summed E-state index contributed by atoms with van der Waals surface area (Å²) in [5, 5.41) is 11.3. The fourth-order valence-electron chi connectivity index (χ4n) is 3.45. The number of aromatic amines is 1. The maximum Gasteiger partial charge on any atom is 0.345 e. The Morgan fingerprint density at radius 2 is 1.77 bits per heavy atom. The van der Waals surface area contributed by atoms with Crippen LogP contribution in [0.5, 0.6) is 11.5 Å². The van der Waals surface area contributed by atoms with Crippen LogP contribution in [0.1, 0.15) is 44.0 Å². The number of nitrogens with zero attached hydrogens (tertiary/aromatic N) is 2. The first-order chi connectivity index (χ1) is 14.9. The summed E-state index contributed by atoms with van der Waals surface area (Å²) >= 11 is 0. The third-order valence-electron chi connectivity index (χ3n) is 5.04. The number of nitrogens with one attached hydrogen (secondary N) is 1. The van der Waals surface area contributed by atoms with E-state index in [2.05, 4.69) is 4.98 Å². The fraction of sp³-hybridized carbons (Fsp3) is 0.350. The average Bonchev–Trinajstić information content (AvgIpc) is 3.48. The lowest BCUT2D eigenvalue weighted by Gasteiger charge is -2.18. The summed E-state index contributed by atoms with van der Waals surface area (Å²) < 4.78 is 15.6. The van der Waals surface area contributed by atoms with Crippen LogP contribution in [0.2, 0.25) is 0 Å². The molecule has 3 heterocycles. The number of rotatable bonds is 6. The van der Waals surface area contributed by atoms with Gasteiger partial charge in [-0.05, 0) is 18.9 Å². The zero-order chi connectivity index (χ0) is 22.0. The number of nitro benzene ring substituents is 1. The molecule has 0 bridgehead atoms. The lowest BCUT2D eigenvalue weighted by atomic mass is 10.1. The van der Waals surface area contributed by atoms with E-state index in [1.807, 2.05) is 0 Å². The van der Waals surface area contributed by atoms with E-state index in [0.29, 0.717) is 13.1 Å². The first-order valence-electron chi connectivity index (χ1n) is 9.70. The zero-order valence-electron chi connectivity index (χ0n) is 16.4. The molecule has 0 radical (unpaired) electrons. The van der Waals surface area contributed by atoms with Crippen LogP contribution in [0.15, 0.2) is 24.4 Å². The highest BCUT2D eigenvalue weighted by Crippen LogP contribution is 2.36. The monoisotopic (exact) mass is 429 g/mol. The van der Waals surface area contributed by atoms with E-state index in [4.69, 9.17) is 14.2 Å². The molecule has 0 aliphatic carbocycles. The Kier molecular flexibility index (Phi) is 5.56. The van der Waals surface area contributed by atoms with Crippen molar-refractivity contribution in [3.8, 4) is 11.5 Å². The first-order valence-corrected chi connectivity index (χ1v) is 9.70. The van der Waals surface area contributed by atoms with E-state index in [1.54, 1.807) is 4.90 Å². The molecule has 31 heavy (non-hydrogen) atoms. The molecule has 11 heteroatoms. The Bertz CT molecular complexity index is 1050. The van der Waals surface area contributed by atoms with Gasteiger partial charge in [-0.2, -0.15) is 0 Å². The van der Waals surface area contributed by atoms with Crippen molar-refractivity contribution >= 4 is 23.3 Å². The number of nitro groups is 1. The van der Waals surface area contributed by atoms with Crippen molar-refractivity contribution in [1.29, 1.82) is 0 Å². The van der Waals surface area contributed by atoms with Crippen molar-refractivity contribution in [2.45, 2.75) is 12.8 Å². The van der Waals surface area contributed by atoms with Crippen LogP contribution >= 0.6 is 0 Å². The highest BCUT2D eigenvalue weighted by Gasteiger charge is 2.28. The minimum absolute atomic E-state index is 0.160. The predicted octanol–water partition coefficient (Wildman–Crippen LogP) is 1.97. The van der Waals surface area contributed by atoms with Crippen molar-refractivity contribution in [1.82, 2.24) is 9.88 Å². The molecule has 1 N–H and O–H groups in total. The molecule has 0 saturated carbocycles. The summed E-state index contributed by atoms with van der Waals surface area (Å²) in [5.41, 5.74) is -0.408. The maximum atomic E-state index is 12.4. The summed E-state index contributed by atoms with van der Waals surface area (Å²) in [4.78, 5) is 52.3. The molecule has 4 rings (SSSR count). The molecule has 2 aromatic rings. The summed E-state index contributed by atoms with van der Waals surface area (Å²) in [6.07, 6.45) is 3.26. The van der Waals surface area contributed by atoms with Crippen LogP contribution in [0.3, 0.4) is 0 Å². The second-order valence-corrected chi connectivity index (χ2v) is 7.07. The molecular formula is C20H19N3O8. The molecular weight excluding hydrogens is 410 g/mol. The summed E-state index contributed by atoms with van der Waals surface area (Å²) in [6.45, 7) is 1.19. The van der Waals surface area contributed by atoms with Gasteiger partial charge in [0.25, 0.3) is 11.6 Å². The summed E-state index contributed by atoms with van der Waals surface area (Å²) in [7, 11) is 0. The number of H-pyrrole nitrogens is 1. The van der Waals surface area contributed by atoms with Gasteiger partial charge in [0.2, 0.25) is 5.78 Å². The number of hydrogen-bond donors (Lipinski definition) is 1. The van der Waals surface area contributed by atoms with Gasteiger partial charge in [-0.3, -0.25) is 19.7 Å². The third-order valence-corrected chi connectivity index (χ3v) is 5.04. The van der Waals surface area contributed by atoms with E-state index in [0.717, 1.165) is 18.9 Å². The van der Waals surface area contributed by atoms with Gasteiger partial charge in [-0.25, -0.2) is 4.79 Å². The Hall–Kier alpha value is -3.89. The molecule has 2 aliphatic rings. The molecule has 1 aromatic heterocycles. The van der Waals surface area contributed by atoms with E-state index in [1.165, 1.54) is 18.3 Å². The van der Waals surface area contributed by atoms with Gasteiger partial charge >= 0.3 is 5.97 Å². The number of ketones is 1. The topological polar surface area (TPSA) is 141 Å². The van der Waals surface area contributed by atoms with E-state index >= 15 is 0 Å². The number of fused-ring (bicyclic) bond motifs is 1. The smallest absolute Gasteiger partial charge is 0.345 e. The molecule has 0 unspecified atom stereocenters. The van der Waals surface area contributed by atoms with Crippen LogP contribution in [-0.2, 0) is 4.74 Å². The van der Waals surface area contributed by atoms with Gasteiger partial charge < -0.3 is 24.1 Å². The van der Waals surface area contributed by atoms with Crippen LogP contribution in [0, 0.1) is 10.1 Å². The number of carbonyl (C=O) groups excluding carboxylic acids is 3. The van der Waals surface area contributed by atoms with Gasteiger partial charge in [-0.1, -0.05) is 0 Å². The van der Waals surface area contributed by atoms with Gasteiger partial charge in [-0.15, -0.1) is 0 Å². The molecule has 11 nitrogen and oxygen atoms in total. The van der Waals surface area contributed by atoms with Crippen LogP contribution < -0.4 is 9.47 Å². The van der Waals surface area contributed by atoms with E-state index < -0.39 is 29.0 Å². The number of aromatic nitrogens is 1. The normalized spacial score (nSPS) is 14.9.